The minimum Gasteiger partial charge on any atom is -0.325 e. The molecular weight excluding hydrogens is 339 g/mol. The lowest BCUT2D eigenvalue weighted by atomic mass is 10.2. The Bertz CT molecular complexity index is 403. The molecule has 8 nitrogen and oxygen atoms in total. The topological polar surface area (TPSA) is 77.5 Å². The second-order valence-corrected chi connectivity index (χ2v) is 10.3. The standard InChI is InChI=1S/C10H21N2O6PS2/c1-11(15-3)9(13)7-8(10(14)12(2)16-4)21-19(20,17-5)18-6/h8H,7H2,1-6H3/t8-/m1/s1. The van der Waals surface area contributed by atoms with Gasteiger partial charge < -0.3 is 9.05 Å². The van der Waals surface area contributed by atoms with Crippen LogP contribution < -0.4 is 0 Å². The summed E-state index contributed by atoms with van der Waals surface area (Å²) in [7, 11) is 8.42. The summed E-state index contributed by atoms with van der Waals surface area (Å²) in [4.78, 5) is 33.8. The number of amides is 2. The first-order chi connectivity index (χ1) is 9.74. The quantitative estimate of drug-likeness (QED) is 0.446. The van der Waals surface area contributed by atoms with Gasteiger partial charge in [0.15, 0.2) is 0 Å². The van der Waals surface area contributed by atoms with E-state index < -0.39 is 16.9 Å². The van der Waals surface area contributed by atoms with Crippen molar-refractivity contribution in [2.75, 3.05) is 42.5 Å². The van der Waals surface area contributed by atoms with Gasteiger partial charge in [0.05, 0.1) is 20.6 Å². The molecule has 0 aliphatic rings. The number of carbonyl (C=O) groups excluding carboxylic acids is 2. The van der Waals surface area contributed by atoms with Crippen LogP contribution in [0.2, 0.25) is 0 Å². The second kappa shape index (κ2) is 9.73. The van der Waals surface area contributed by atoms with Gasteiger partial charge in [-0.3, -0.25) is 19.3 Å². The maximum atomic E-state index is 12.3. The highest BCUT2D eigenvalue weighted by Gasteiger charge is 2.33. The molecule has 0 spiro atoms. The van der Waals surface area contributed by atoms with E-state index in [2.05, 4.69) is 0 Å². The number of carbonyl (C=O) groups is 2. The monoisotopic (exact) mass is 360 g/mol. The van der Waals surface area contributed by atoms with Gasteiger partial charge in [0.25, 0.3) is 5.91 Å². The van der Waals surface area contributed by atoms with Crippen LogP contribution in [-0.2, 0) is 40.1 Å². The van der Waals surface area contributed by atoms with E-state index in [1.807, 2.05) is 0 Å². The highest BCUT2D eigenvalue weighted by atomic mass is 32.9. The van der Waals surface area contributed by atoms with Crippen LogP contribution in [0.4, 0.5) is 0 Å². The molecule has 0 aromatic rings. The minimum atomic E-state index is -2.70. The van der Waals surface area contributed by atoms with E-state index in [0.717, 1.165) is 21.5 Å². The first-order valence-corrected chi connectivity index (χ1v) is 9.89. The van der Waals surface area contributed by atoms with Gasteiger partial charge >= 0.3 is 0 Å². The van der Waals surface area contributed by atoms with Crippen molar-refractivity contribution in [1.82, 2.24) is 10.1 Å². The highest BCUT2D eigenvalue weighted by molar-refractivity contribution is 8.68. The molecule has 21 heavy (non-hydrogen) atoms. The fourth-order valence-corrected chi connectivity index (χ4v) is 5.14. The highest BCUT2D eigenvalue weighted by Crippen LogP contribution is 2.62. The van der Waals surface area contributed by atoms with E-state index >= 15 is 0 Å². The van der Waals surface area contributed by atoms with Crippen molar-refractivity contribution in [2.45, 2.75) is 11.7 Å². The molecule has 0 heterocycles. The zero-order valence-corrected chi connectivity index (χ0v) is 15.4. The lowest BCUT2D eigenvalue weighted by molar-refractivity contribution is -0.174. The van der Waals surface area contributed by atoms with Crippen LogP contribution in [0.25, 0.3) is 0 Å². The van der Waals surface area contributed by atoms with Gasteiger partial charge in [0, 0.05) is 28.3 Å². The Morgan fingerprint density at radius 3 is 1.95 bits per heavy atom. The molecule has 0 fully saturated rings. The van der Waals surface area contributed by atoms with Gasteiger partial charge in [0.2, 0.25) is 11.6 Å². The Morgan fingerprint density at radius 2 is 1.57 bits per heavy atom. The summed E-state index contributed by atoms with van der Waals surface area (Å²) in [6.07, 6.45) is -0.118. The molecule has 0 N–H and O–H groups in total. The average Bonchev–Trinajstić information content (AvgIpc) is 2.51. The van der Waals surface area contributed by atoms with Crippen molar-refractivity contribution >= 4 is 40.7 Å². The van der Waals surface area contributed by atoms with Crippen molar-refractivity contribution in [3.8, 4) is 0 Å². The molecule has 0 rings (SSSR count). The predicted octanol–water partition coefficient (Wildman–Crippen LogP) is 1.04. The second-order valence-electron chi connectivity index (χ2n) is 3.70. The largest absolute Gasteiger partial charge is 0.325 e. The molecule has 0 aliphatic heterocycles. The van der Waals surface area contributed by atoms with E-state index in [1.165, 1.54) is 42.5 Å². The van der Waals surface area contributed by atoms with Crippen LogP contribution in [0, 0.1) is 0 Å². The summed E-state index contributed by atoms with van der Waals surface area (Å²) in [5.74, 6) is -0.787. The van der Waals surface area contributed by atoms with Crippen molar-refractivity contribution in [1.29, 1.82) is 0 Å². The van der Waals surface area contributed by atoms with Crippen LogP contribution in [0.1, 0.15) is 6.42 Å². The Hall–Kier alpha value is -0.220. The normalized spacial score (nSPS) is 12.9. The third kappa shape index (κ3) is 6.60. The van der Waals surface area contributed by atoms with Crippen LogP contribution in [-0.4, -0.2) is 69.7 Å². The summed E-state index contributed by atoms with van der Waals surface area (Å²) in [5.41, 5.74) is -2.70. The zero-order chi connectivity index (χ0) is 16.6. The molecular formula is C10H21N2O6PS2. The molecule has 124 valence electrons. The fourth-order valence-electron chi connectivity index (χ4n) is 1.17. The van der Waals surface area contributed by atoms with Gasteiger partial charge in [-0.1, -0.05) is 11.4 Å². The number of rotatable bonds is 9. The Labute approximate surface area is 133 Å². The third-order valence-corrected chi connectivity index (χ3v) is 8.43. The van der Waals surface area contributed by atoms with E-state index in [4.69, 9.17) is 30.5 Å². The van der Waals surface area contributed by atoms with Crippen molar-refractivity contribution < 1.29 is 28.3 Å². The first-order valence-electron chi connectivity index (χ1n) is 5.76. The molecule has 2 amide bonds. The first kappa shape index (κ1) is 20.8. The molecule has 0 radical (unpaired) electrons. The molecule has 1 atom stereocenters. The average molecular weight is 360 g/mol. The van der Waals surface area contributed by atoms with Crippen molar-refractivity contribution in [3.05, 3.63) is 0 Å². The third-order valence-electron chi connectivity index (χ3n) is 2.55. The summed E-state index contributed by atoms with van der Waals surface area (Å²) in [5, 5.41) is 1.27. The van der Waals surface area contributed by atoms with Crippen LogP contribution in [0.3, 0.4) is 0 Å². The number of hydrogen-bond donors (Lipinski definition) is 0. The molecule has 0 saturated heterocycles. The van der Waals surface area contributed by atoms with Gasteiger partial charge in [0.1, 0.15) is 5.25 Å². The van der Waals surface area contributed by atoms with Crippen LogP contribution in [0.5, 0.6) is 0 Å². The minimum absolute atomic E-state index is 0.118. The summed E-state index contributed by atoms with van der Waals surface area (Å²) in [6, 6.07) is 0. The fraction of sp³-hybridized carbons (Fsp3) is 0.800. The molecule has 11 heteroatoms. The van der Waals surface area contributed by atoms with Gasteiger partial charge in [-0.2, -0.15) is 0 Å². The van der Waals surface area contributed by atoms with Gasteiger partial charge in [-0.05, 0) is 11.8 Å². The molecule has 0 aromatic carbocycles. The molecule has 0 aliphatic carbocycles. The van der Waals surface area contributed by atoms with E-state index in [1.54, 1.807) is 0 Å². The van der Waals surface area contributed by atoms with E-state index in [9.17, 15) is 9.59 Å². The van der Waals surface area contributed by atoms with Gasteiger partial charge in [-0.15, -0.1) is 0 Å². The van der Waals surface area contributed by atoms with Crippen LogP contribution >= 0.6 is 17.1 Å². The maximum Gasteiger partial charge on any atom is 0.260 e. The van der Waals surface area contributed by atoms with Gasteiger partial charge in [-0.25, -0.2) is 10.1 Å². The van der Waals surface area contributed by atoms with Crippen molar-refractivity contribution in [3.63, 3.8) is 0 Å². The Balaban J connectivity index is 5.15. The molecule has 0 unspecified atom stereocenters. The number of hydroxylamine groups is 4. The number of hydrogen-bond acceptors (Lipinski definition) is 8. The Kier molecular flexibility index (Phi) is 9.63. The SMILES string of the molecule is CON(C)C(=O)C[C@@H](SP(=S)(OC)OC)C(=O)N(C)OC. The lowest BCUT2D eigenvalue weighted by Crippen LogP contribution is -2.38. The van der Waals surface area contributed by atoms with E-state index in [-0.39, 0.29) is 12.3 Å². The smallest absolute Gasteiger partial charge is 0.260 e. The molecule has 0 bridgehead atoms. The van der Waals surface area contributed by atoms with Crippen LogP contribution in [0.15, 0.2) is 0 Å². The lowest BCUT2D eigenvalue weighted by Gasteiger charge is -2.26. The van der Waals surface area contributed by atoms with Crippen molar-refractivity contribution in [2.24, 2.45) is 0 Å². The summed E-state index contributed by atoms with van der Waals surface area (Å²) < 4.78 is 10.3. The molecule has 0 saturated carbocycles. The number of nitrogens with zero attached hydrogens (tertiary/aromatic N) is 2. The zero-order valence-electron chi connectivity index (χ0n) is 12.9. The maximum absolute atomic E-state index is 12.3. The summed E-state index contributed by atoms with van der Waals surface area (Å²) in [6.45, 7) is 0. The molecule has 0 aromatic heterocycles. The van der Waals surface area contributed by atoms with E-state index in [0.29, 0.717) is 0 Å². The predicted molar refractivity (Wildman–Crippen MR) is 83.9 cm³/mol. The summed E-state index contributed by atoms with van der Waals surface area (Å²) >= 11 is 6.24. The Morgan fingerprint density at radius 1 is 1.10 bits per heavy atom.